The second-order valence-electron chi connectivity index (χ2n) is 5.91. The summed E-state index contributed by atoms with van der Waals surface area (Å²) in [6.45, 7) is 9.29. The van der Waals surface area contributed by atoms with Crippen LogP contribution in [0, 0.1) is 5.92 Å². The van der Waals surface area contributed by atoms with Crippen LogP contribution in [-0.2, 0) is 6.54 Å². The van der Waals surface area contributed by atoms with Crippen molar-refractivity contribution < 1.29 is 9.47 Å². The lowest BCUT2D eigenvalue weighted by Gasteiger charge is -2.14. The van der Waals surface area contributed by atoms with Crippen LogP contribution < -0.4 is 14.8 Å². The Hall–Kier alpha value is -1.22. The van der Waals surface area contributed by atoms with Gasteiger partial charge in [-0.2, -0.15) is 0 Å². The van der Waals surface area contributed by atoms with E-state index in [1.807, 2.05) is 12.1 Å². The lowest BCUT2D eigenvalue weighted by molar-refractivity contribution is 0.299. The molecule has 0 saturated heterocycles. The quantitative estimate of drug-likeness (QED) is 0.613. The zero-order valence-corrected chi connectivity index (χ0v) is 14.1. The summed E-state index contributed by atoms with van der Waals surface area (Å²) >= 11 is 0. The van der Waals surface area contributed by atoms with Crippen molar-refractivity contribution in [3.63, 3.8) is 0 Å². The molecule has 1 aromatic rings. The molecule has 1 rings (SSSR count). The monoisotopic (exact) mass is 293 g/mol. The van der Waals surface area contributed by atoms with Crippen LogP contribution in [0.25, 0.3) is 0 Å². The Balaban J connectivity index is 2.55. The summed E-state index contributed by atoms with van der Waals surface area (Å²) in [6, 6.07) is 6.08. The number of nitrogens with one attached hydrogen (secondary N) is 1. The highest BCUT2D eigenvalue weighted by Gasteiger charge is 2.06. The Kier molecular flexibility index (Phi) is 8.91. The van der Waals surface area contributed by atoms with Gasteiger partial charge >= 0.3 is 0 Å². The molecule has 0 unspecified atom stereocenters. The minimum Gasteiger partial charge on any atom is -0.497 e. The van der Waals surface area contributed by atoms with Gasteiger partial charge in [0, 0.05) is 18.2 Å². The van der Waals surface area contributed by atoms with E-state index in [4.69, 9.17) is 9.47 Å². The minimum absolute atomic E-state index is 0.654. The summed E-state index contributed by atoms with van der Waals surface area (Å²) in [7, 11) is 1.69. The van der Waals surface area contributed by atoms with Crippen LogP contribution in [0.4, 0.5) is 0 Å². The molecule has 21 heavy (non-hydrogen) atoms. The molecule has 0 saturated carbocycles. The fourth-order valence-corrected chi connectivity index (χ4v) is 2.15. The van der Waals surface area contributed by atoms with Crippen molar-refractivity contribution in [1.29, 1.82) is 0 Å². The zero-order chi connectivity index (χ0) is 15.5. The topological polar surface area (TPSA) is 30.5 Å². The number of hydrogen-bond donors (Lipinski definition) is 1. The van der Waals surface area contributed by atoms with Crippen molar-refractivity contribution in [3.05, 3.63) is 23.8 Å². The highest BCUT2D eigenvalue weighted by molar-refractivity contribution is 5.40. The van der Waals surface area contributed by atoms with Crippen LogP contribution in [-0.4, -0.2) is 20.3 Å². The van der Waals surface area contributed by atoms with Crippen LogP contribution >= 0.6 is 0 Å². The van der Waals surface area contributed by atoms with Crippen molar-refractivity contribution in [3.8, 4) is 11.5 Å². The third-order valence-corrected chi connectivity index (χ3v) is 3.40. The van der Waals surface area contributed by atoms with Crippen molar-refractivity contribution in [2.24, 2.45) is 5.92 Å². The van der Waals surface area contributed by atoms with Crippen LogP contribution in [0.2, 0.25) is 0 Å². The second kappa shape index (κ2) is 10.5. The predicted molar refractivity (Wildman–Crippen MR) is 89.2 cm³/mol. The smallest absolute Gasteiger partial charge is 0.127 e. The molecule has 0 amide bonds. The molecule has 1 aromatic carbocycles. The fourth-order valence-electron chi connectivity index (χ4n) is 2.15. The molecular formula is C18H31NO2. The molecule has 0 atom stereocenters. The van der Waals surface area contributed by atoms with Gasteiger partial charge in [0.05, 0.1) is 13.7 Å². The van der Waals surface area contributed by atoms with E-state index in [1.165, 1.54) is 24.8 Å². The molecule has 0 aliphatic carbocycles. The second-order valence-corrected chi connectivity index (χ2v) is 5.91. The minimum atomic E-state index is 0.654. The average molecular weight is 293 g/mol. The molecule has 0 fully saturated rings. The Bertz CT molecular complexity index is 391. The van der Waals surface area contributed by atoms with Crippen LogP contribution in [0.3, 0.4) is 0 Å². The van der Waals surface area contributed by atoms with Gasteiger partial charge in [-0.25, -0.2) is 0 Å². The van der Waals surface area contributed by atoms with E-state index in [2.05, 4.69) is 32.2 Å². The first-order valence-electron chi connectivity index (χ1n) is 8.17. The Labute approximate surface area is 130 Å². The third kappa shape index (κ3) is 7.37. The van der Waals surface area contributed by atoms with E-state index in [0.717, 1.165) is 37.6 Å². The molecule has 0 spiro atoms. The molecular weight excluding hydrogens is 262 g/mol. The number of ether oxygens (including phenoxy) is 2. The van der Waals surface area contributed by atoms with Crippen LogP contribution in [0.1, 0.15) is 52.0 Å². The number of benzene rings is 1. The van der Waals surface area contributed by atoms with Gasteiger partial charge < -0.3 is 14.8 Å². The number of rotatable bonds is 11. The van der Waals surface area contributed by atoms with Crippen molar-refractivity contribution in [1.82, 2.24) is 5.32 Å². The summed E-state index contributed by atoms with van der Waals surface area (Å²) < 4.78 is 11.3. The van der Waals surface area contributed by atoms with E-state index in [-0.39, 0.29) is 0 Å². The third-order valence-electron chi connectivity index (χ3n) is 3.40. The van der Waals surface area contributed by atoms with Gasteiger partial charge in [-0.3, -0.25) is 0 Å². The van der Waals surface area contributed by atoms with E-state index < -0.39 is 0 Å². The first-order valence-corrected chi connectivity index (χ1v) is 8.17. The largest absolute Gasteiger partial charge is 0.497 e. The molecule has 0 aliphatic heterocycles. The van der Waals surface area contributed by atoms with E-state index in [0.29, 0.717) is 5.92 Å². The molecule has 0 radical (unpaired) electrons. The Morgan fingerprint density at radius 3 is 2.62 bits per heavy atom. The van der Waals surface area contributed by atoms with Gasteiger partial charge in [0.1, 0.15) is 11.5 Å². The maximum Gasteiger partial charge on any atom is 0.127 e. The average Bonchev–Trinajstić information content (AvgIpc) is 2.47. The number of hydrogen-bond acceptors (Lipinski definition) is 3. The predicted octanol–water partition coefficient (Wildman–Crippen LogP) is 4.40. The van der Waals surface area contributed by atoms with E-state index in [9.17, 15) is 0 Å². The summed E-state index contributed by atoms with van der Waals surface area (Å²) in [5, 5.41) is 3.47. The van der Waals surface area contributed by atoms with Crippen LogP contribution in [0.15, 0.2) is 18.2 Å². The van der Waals surface area contributed by atoms with Crippen molar-refractivity contribution >= 4 is 0 Å². The molecule has 0 aliphatic rings. The molecule has 120 valence electrons. The lowest BCUT2D eigenvalue weighted by Crippen LogP contribution is -2.19. The zero-order valence-electron chi connectivity index (χ0n) is 14.1. The van der Waals surface area contributed by atoms with Gasteiger partial charge in [0.2, 0.25) is 0 Å². The maximum absolute atomic E-state index is 5.96. The summed E-state index contributed by atoms with van der Waals surface area (Å²) in [6.07, 6.45) is 4.89. The van der Waals surface area contributed by atoms with E-state index >= 15 is 0 Å². The van der Waals surface area contributed by atoms with Gasteiger partial charge in [-0.05, 0) is 24.9 Å². The number of methoxy groups -OCH3 is 1. The lowest BCUT2D eigenvalue weighted by atomic mass is 10.1. The molecule has 0 aromatic heterocycles. The SMILES string of the molecule is CCCCCCOc1cc(OC)ccc1CNCC(C)C. The van der Waals surface area contributed by atoms with Gasteiger partial charge in [-0.15, -0.1) is 0 Å². The Morgan fingerprint density at radius 1 is 1.14 bits per heavy atom. The summed E-state index contributed by atoms with van der Waals surface area (Å²) in [5.74, 6) is 2.45. The molecule has 1 N–H and O–H groups in total. The first-order chi connectivity index (χ1) is 10.2. The molecule has 3 nitrogen and oxygen atoms in total. The molecule has 0 bridgehead atoms. The van der Waals surface area contributed by atoms with E-state index in [1.54, 1.807) is 7.11 Å². The van der Waals surface area contributed by atoms with Gasteiger partial charge in [-0.1, -0.05) is 46.1 Å². The highest BCUT2D eigenvalue weighted by Crippen LogP contribution is 2.25. The van der Waals surface area contributed by atoms with Gasteiger partial charge in [0.15, 0.2) is 0 Å². The normalized spacial score (nSPS) is 10.9. The Morgan fingerprint density at radius 2 is 1.95 bits per heavy atom. The number of unbranched alkanes of at least 4 members (excludes halogenated alkanes) is 3. The van der Waals surface area contributed by atoms with Crippen molar-refractivity contribution in [2.75, 3.05) is 20.3 Å². The molecule has 3 heteroatoms. The summed E-state index contributed by atoms with van der Waals surface area (Å²) in [4.78, 5) is 0. The van der Waals surface area contributed by atoms with Crippen molar-refractivity contribution in [2.45, 2.75) is 53.0 Å². The summed E-state index contributed by atoms with van der Waals surface area (Å²) in [5.41, 5.74) is 1.20. The first kappa shape index (κ1) is 17.8. The molecule has 0 heterocycles. The highest BCUT2D eigenvalue weighted by atomic mass is 16.5. The standard InChI is InChI=1S/C18H31NO2/c1-5-6-7-8-11-21-18-12-17(20-4)10-9-16(18)14-19-13-15(2)3/h9-10,12,15,19H,5-8,11,13-14H2,1-4H3. The van der Waals surface area contributed by atoms with Gasteiger partial charge in [0.25, 0.3) is 0 Å². The maximum atomic E-state index is 5.96. The fraction of sp³-hybridized carbons (Fsp3) is 0.667. The van der Waals surface area contributed by atoms with Crippen LogP contribution in [0.5, 0.6) is 11.5 Å².